The number of para-hydroxylation sites is 1. The maximum absolute atomic E-state index is 3.78. The second-order valence-corrected chi connectivity index (χ2v) is 6.05. The van der Waals surface area contributed by atoms with Crippen LogP contribution < -0.4 is 10.2 Å². The Morgan fingerprint density at radius 3 is 2.68 bits per heavy atom. The number of nitrogens with zero attached hydrogens (tertiary/aromatic N) is 1. The summed E-state index contributed by atoms with van der Waals surface area (Å²) in [4.78, 5) is 2.68. The molecule has 1 N–H and O–H groups in total. The molecule has 2 atom stereocenters. The Morgan fingerprint density at radius 2 is 2.00 bits per heavy atom. The van der Waals surface area contributed by atoms with Crippen molar-refractivity contribution in [1.82, 2.24) is 5.32 Å². The van der Waals surface area contributed by atoms with Gasteiger partial charge >= 0.3 is 0 Å². The minimum Gasteiger partial charge on any atom is -0.365 e. The minimum atomic E-state index is 0.655. The molecule has 104 valence electrons. The quantitative estimate of drug-likeness (QED) is 0.892. The molecule has 1 aromatic carbocycles. The molecule has 2 unspecified atom stereocenters. The van der Waals surface area contributed by atoms with E-state index in [0.29, 0.717) is 12.1 Å². The number of anilines is 1. The van der Waals surface area contributed by atoms with Gasteiger partial charge in [0.1, 0.15) is 0 Å². The van der Waals surface area contributed by atoms with Crippen LogP contribution in [0.1, 0.15) is 38.7 Å². The second-order valence-electron chi connectivity index (χ2n) is 6.05. The van der Waals surface area contributed by atoms with Crippen molar-refractivity contribution >= 4 is 5.69 Å². The van der Waals surface area contributed by atoms with Gasteiger partial charge in [-0.3, -0.25) is 0 Å². The first kappa shape index (κ1) is 13.0. The molecule has 0 amide bonds. The summed E-state index contributed by atoms with van der Waals surface area (Å²) in [5.41, 5.74) is 2.97. The van der Waals surface area contributed by atoms with Crippen molar-refractivity contribution in [2.45, 2.75) is 51.6 Å². The summed E-state index contributed by atoms with van der Waals surface area (Å²) >= 11 is 0. The van der Waals surface area contributed by atoms with Gasteiger partial charge in [0.15, 0.2) is 0 Å². The van der Waals surface area contributed by atoms with Gasteiger partial charge in [-0.25, -0.2) is 0 Å². The van der Waals surface area contributed by atoms with Gasteiger partial charge in [-0.2, -0.15) is 0 Å². The van der Waals surface area contributed by atoms with E-state index < -0.39 is 0 Å². The van der Waals surface area contributed by atoms with Gasteiger partial charge in [0.05, 0.1) is 0 Å². The highest BCUT2D eigenvalue weighted by molar-refractivity contribution is 5.55. The van der Waals surface area contributed by atoms with Crippen LogP contribution in [-0.4, -0.2) is 25.2 Å². The molecule has 19 heavy (non-hydrogen) atoms. The molecule has 0 bridgehead atoms. The Morgan fingerprint density at radius 1 is 1.21 bits per heavy atom. The van der Waals surface area contributed by atoms with Crippen molar-refractivity contribution in [3.05, 3.63) is 29.8 Å². The Hall–Kier alpha value is -1.02. The van der Waals surface area contributed by atoms with Gasteiger partial charge in [0, 0.05) is 30.9 Å². The lowest BCUT2D eigenvalue weighted by Gasteiger charge is -2.42. The molecule has 2 nitrogen and oxygen atoms in total. The lowest BCUT2D eigenvalue weighted by atomic mass is 10.0. The summed E-state index contributed by atoms with van der Waals surface area (Å²) in [6, 6.07) is 10.3. The largest absolute Gasteiger partial charge is 0.365 e. The van der Waals surface area contributed by atoms with E-state index in [0.717, 1.165) is 18.9 Å². The molecule has 1 aliphatic heterocycles. The van der Waals surface area contributed by atoms with E-state index in [2.05, 4.69) is 48.3 Å². The lowest BCUT2D eigenvalue weighted by Crippen LogP contribution is -2.57. The molecule has 3 rings (SSSR count). The standard InChI is InChI=1S/C17H26N2/c1-3-13-7-5-6-8-17(13)19-12-16(14-9-10-14)18-11-15(19)4-2/h5-8,14-16,18H,3-4,9-12H2,1-2H3. The minimum absolute atomic E-state index is 0.655. The third kappa shape index (κ3) is 2.64. The van der Waals surface area contributed by atoms with Crippen LogP contribution in [0.15, 0.2) is 24.3 Å². The maximum atomic E-state index is 3.78. The van der Waals surface area contributed by atoms with Gasteiger partial charge in [0.2, 0.25) is 0 Å². The van der Waals surface area contributed by atoms with Crippen molar-refractivity contribution in [3.8, 4) is 0 Å². The SMILES string of the molecule is CCc1ccccc1N1CC(C2CC2)NCC1CC. The zero-order valence-corrected chi connectivity index (χ0v) is 12.2. The second kappa shape index (κ2) is 5.54. The first-order chi connectivity index (χ1) is 9.33. The maximum Gasteiger partial charge on any atom is 0.0412 e. The fourth-order valence-electron chi connectivity index (χ4n) is 3.39. The highest BCUT2D eigenvalue weighted by Gasteiger charge is 2.37. The summed E-state index contributed by atoms with van der Waals surface area (Å²) in [5, 5.41) is 3.78. The molecule has 1 aromatic rings. The smallest absolute Gasteiger partial charge is 0.0412 e. The molecule has 0 radical (unpaired) electrons. The molecule has 0 spiro atoms. The molecule has 2 fully saturated rings. The van der Waals surface area contributed by atoms with E-state index in [1.54, 1.807) is 0 Å². The first-order valence-electron chi connectivity index (χ1n) is 7.91. The van der Waals surface area contributed by atoms with Crippen molar-refractivity contribution in [2.75, 3.05) is 18.0 Å². The summed E-state index contributed by atoms with van der Waals surface area (Å²) in [5.74, 6) is 0.939. The van der Waals surface area contributed by atoms with E-state index in [9.17, 15) is 0 Å². The van der Waals surface area contributed by atoms with Crippen LogP contribution in [0.5, 0.6) is 0 Å². The Labute approximate surface area is 117 Å². The highest BCUT2D eigenvalue weighted by atomic mass is 15.2. The predicted octanol–water partition coefficient (Wildman–Crippen LogP) is 3.22. The Kier molecular flexibility index (Phi) is 3.79. The summed E-state index contributed by atoms with van der Waals surface area (Å²) < 4.78 is 0. The molecule has 0 aromatic heterocycles. The van der Waals surface area contributed by atoms with Crippen molar-refractivity contribution in [2.24, 2.45) is 5.92 Å². The molecule has 2 heteroatoms. The van der Waals surface area contributed by atoms with Gasteiger partial charge in [-0.15, -0.1) is 0 Å². The van der Waals surface area contributed by atoms with E-state index >= 15 is 0 Å². The van der Waals surface area contributed by atoms with Crippen molar-refractivity contribution in [3.63, 3.8) is 0 Å². The zero-order chi connectivity index (χ0) is 13.2. The van der Waals surface area contributed by atoms with Crippen molar-refractivity contribution < 1.29 is 0 Å². The molecular formula is C17H26N2. The van der Waals surface area contributed by atoms with Crippen LogP contribution in [0, 0.1) is 5.92 Å². The van der Waals surface area contributed by atoms with Gasteiger partial charge in [-0.1, -0.05) is 32.0 Å². The zero-order valence-electron chi connectivity index (χ0n) is 12.2. The van der Waals surface area contributed by atoms with E-state index in [-0.39, 0.29) is 0 Å². The molecule has 1 saturated carbocycles. The molecule has 1 heterocycles. The molecule has 1 aliphatic carbocycles. The number of piperazine rings is 1. The Bertz CT molecular complexity index is 425. The van der Waals surface area contributed by atoms with Gasteiger partial charge in [0.25, 0.3) is 0 Å². The number of benzene rings is 1. The fraction of sp³-hybridized carbons (Fsp3) is 0.647. The fourth-order valence-corrected chi connectivity index (χ4v) is 3.39. The highest BCUT2D eigenvalue weighted by Crippen LogP contribution is 2.36. The lowest BCUT2D eigenvalue weighted by molar-refractivity contribution is 0.359. The average molecular weight is 258 g/mol. The number of hydrogen-bond acceptors (Lipinski definition) is 2. The number of rotatable bonds is 4. The Balaban J connectivity index is 1.85. The number of hydrogen-bond donors (Lipinski definition) is 1. The van der Waals surface area contributed by atoms with Crippen LogP contribution in [0.25, 0.3) is 0 Å². The predicted molar refractivity (Wildman–Crippen MR) is 81.8 cm³/mol. The summed E-state index contributed by atoms with van der Waals surface area (Å²) in [6.45, 7) is 6.92. The monoisotopic (exact) mass is 258 g/mol. The summed E-state index contributed by atoms with van der Waals surface area (Å²) in [6.07, 6.45) is 5.21. The third-order valence-corrected chi connectivity index (χ3v) is 4.79. The van der Waals surface area contributed by atoms with Crippen LogP contribution in [-0.2, 0) is 6.42 Å². The van der Waals surface area contributed by atoms with Crippen LogP contribution >= 0.6 is 0 Å². The van der Waals surface area contributed by atoms with Crippen LogP contribution in [0.4, 0.5) is 5.69 Å². The normalized spacial score (nSPS) is 27.6. The summed E-state index contributed by atoms with van der Waals surface area (Å²) in [7, 11) is 0. The number of aryl methyl sites for hydroxylation is 1. The molecule has 1 saturated heterocycles. The van der Waals surface area contributed by atoms with Crippen LogP contribution in [0.2, 0.25) is 0 Å². The van der Waals surface area contributed by atoms with Gasteiger partial charge in [-0.05, 0) is 43.2 Å². The van der Waals surface area contributed by atoms with E-state index in [1.165, 1.54) is 37.1 Å². The van der Waals surface area contributed by atoms with Crippen molar-refractivity contribution in [1.29, 1.82) is 0 Å². The molecule has 2 aliphatic rings. The third-order valence-electron chi connectivity index (χ3n) is 4.79. The van der Waals surface area contributed by atoms with Crippen LogP contribution in [0.3, 0.4) is 0 Å². The average Bonchev–Trinajstić information content (AvgIpc) is 3.31. The number of nitrogens with one attached hydrogen (secondary N) is 1. The molecular weight excluding hydrogens is 232 g/mol. The van der Waals surface area contributed by atoms with E-state index in [4.69, 9.17) is 0 Å². The topological polar surface area (TPSA) is 15.3 Å². The first-order valence-corrected chi connectivity index (χ1v) is 7.91. The van der Waals surface area contributed by atoms with Gasteiger partial charge < -0.3 is 10.2 Å². The van der Waals surface area contributed by atoms with E-state index in [1.807, 2.05) is 0 Å².